The lowest BCUT2D eigenvalue weighted by Crippen LogP contribution is -2.33. The molecular formula is C26H26BrFN2O2. The molecule has 0 radical (unpaired) electrons. The molecule has 0 aromatic heterocycles. The molecule has 32 heavy (non-hydrogen) atoms. The van der Waals surface area contributed by atoms with Gasteiger partial charge in [0.25, 0.3) is 0 Å². The molecule has 0 spiro atoms. The lowest BCUT2D eigenvalue weighted by atomic mass is 9.93. The molecule has 3 aromatic rings. The van der Waals surface area contributed by atoms with Crippen molar-refractivity contribution >= 4 is 21.6 Å². The highest BCUT2D eigenvalue weighted by Gasteiger charge is 2.29. The number of rotatable bonds is 6. The topological polar surface area (TPSA) is 53.8 Å². The van der Waals surface area contributed by atoms with Gasteiger partial charge in [-0.15, -0.1) is 0 Å². The van der Waals surface area contributed by atoms with Gasteiger partial charge in [0.05, 0.1) is 11.1 Å². The molecule has 0 bridgehead atoms. The fraction of sp³-hybridized carbons (Fsp3) is 0.269. The van der Waals surface area contributed by atoms with Crippen LogP contribution in [0.2, 0.25) is 0 Å². The Morgan fingerprint density at radius 3 is 2.59 bits per heavy atom. The van der Waals surface area contributed by atoms with Gasteiger partial charge in [0.15, 0.2) is 11.5 Å². The first-order valence-electron chi connectivity index (χ1n) is 10.8. The molecule has 0 amide bonds. The van der Waals surface area contributed by atoms with Crippen LogP contribution >= 0.6 is 15.9 Å². The third-order valence-electron chi connectivity index (χ3n) is 5.70. The minimum absolute atomic E-state index is 0.133. The molecule has 4 nitrogen and oxygen atoms in total. The molecule has 1 aliphatic rings. The lowest BCUT2D eigenvalue weighted by Gasteiger charge is -2.31. The summed E-state index contributed by atoms with van der Waals surface area (Å²) in [6, 6.07) is 18.7. The van der Waals surface area contributed by atoms with Crippen molar-refractivity contribution in [2.45, 2.75) is 38.9 Å². The van der Waals surface area contributed by atoms with E-state index in [9.17, 15) is 9.50 Å². The largest absolute Gasteiger partial charge is 0.504 e. The molecule has 0 aliphatic carbocycles. The van der Waals surface area contributed by atoms with Crippen molar-refractivity contribution < 1.29 is 14.2 Å². The third-order valence-corrected chi connectivity index (χ3v) is 6.31. The minimum atomic E-state index is -0.387. The molecule has 1 aliphatic heterocycles. The molecule has 0 unspecified atom stereocenters. The van der Waals surface area contributed by atoms with E-state index >= 15 is 0 Å². The van der Waals surface area contributed by atoms with Gasteiger partial charge in [0.1, 0.15) is 12.0 Å². The summed E-state index contributed by atoms with van der Waals surface area (Å²) < 4.78 is 19.8. The zero-order chi connectivity index (χ0) is 22.7. The smallest absolute Gasteiger partial charge is 0.162 e. The number of hydrogen-bond acceptors (Lipinski definition) is 4. The van der Waals surface area contributed by atoms with E-state index in [1.807, 2.05) is 19.1 Å². The summed E-state index contributed by atoms with van der Waals surface area (Å²) in [7, 11) is 0. The minimum Gasteiger partial charge on any atom is -0.504 e. The molecule has 2 N–H and O–H groups in total. The highest BCUT2D eigenvalue weighted by molar-refractivity contribution is 9.10. The van der Waals surface area contributed by atoms with Crippen LogP contribution in [-0.4, -0.2) is 17.4 Å². The van der Waals surface area contributed by atoms with Crippen LogP contribution in [0.4, 0.5) is 4.39 Å². The van der Waals surface area contributed by atoms with Gasteiger partial charge in [-0.05, 0) is 64.2 Å². The molecule has 0 saturated heterocycles. The Morgan fingerprint density at radius 2 is 1.91 bits per heavy atom. The molecule has 4 rings (SSSR count). The molecule has 6 heteroatoms. The number of halogens is 2. The maximum Gasteiger partial charge on any atom is 0.162 e. The normalized spacial score (nSPS) is 18.3. The number of aryl methyl sites for hydroxylation is 1. The van der Waals surface area contributed by atoms with Gasteiger partial charge in [-0.1, -0.05) is 49.4 Å². The maximum atomic E-state index is 13.8. The number of phenolic OH excluding ortho intramolecular Hbond substituents is 1. The van der Waals surface area contributed by atoms with Crippen molar-refractivity contribution in [3.05, 3.63) is 93.2 Å². The van der Waals surface area contributed by atoms with Crippen molar-refractivity contribution in [1.82, 2.24) is 5.32 Å². The first-order valence-corrected chi connectivity index (χ1v) is 11.6. The van der Waals surface area contributed by atoms with E-state index < -0.39 is 0 Å². The Labute approximate surface area is 196 Å². The predicted molar refractivity (Wildman–Crippen MR) is 129 cm³/mol. The molecule has 3 aromatic carbocycles. The van der Waals surface area contributed by atoms with Gasteiger partial charge < -0.3 is 9.84 Å². The maximum absolute atomic E-state index is 13.8. The number of nitrogens with one attached hydrogen (secondary N) is 1. The average molecular weight is 497 g/mol. The van der Waals surface area contributed by atoms with E-state index in [0.717, 1.165) is 28.8 Å². The van der Waals surface area contributed by atoms with E-state index in [1.165, 1.54) is 11.6 Å². The highest BCUT2D eigenvalue weighted by Crippen LogP contribution is 2.39. The molecule has 2 atom stereocenters. The van der Waals surface area contributed by atoms with Gasteiger partial charge in [-0.25, -0.2) is 4.39 Å². The number of para-hydroxylation sites is 1. The molecular weight excluding hydrogens is 471 g/mol. The Kier molecular flexibility index (Phi) is 6.92. The number of hydrogen-bond donors (Lipinski definition) is 2. The summed E-state index contributed by atoms with van der Waals surface area (Å²) in [5.74, 6) is 0.278. The number of benzene rings is 3. The van der Waals surface area contributed by atoms with E-state index in [2.05, 4.69) is 52.4 Å². The van der Waals surface area contributed by atoms with Gasteiger partial charge in [0.2, 0.25) is 0 Å². The number of nitrogens with zero attached hydrogens (tertiary/aromatic N) is 1. The summed E-state index contributed by atoms with van der Waals surface area (Å²) in [4.78, 5) is 4.96. The van der Waals surface area contributed by atoms with Crippen molar-refractivity contribution in [2.24, 2.45) is 4.99 Å². The van der Waals surface area contributed by atoms with Gasteiger partial charge in [-0.2, -0.15) is 0 Å². The number of aromatic hydroxyl groups is 1. The van der Waals surface area contributed by atoms with Crippen LogP contribution in [0.1, 0.15) is 54.7 Å². The molecule has 0 fully saturated rings. The van der Waals surface area contributed by atoms with Crippen molar-refractivity contribution in [2.75, 3.05) is 6.61 Å². The zero-order valence-electron chi connectivity index (χ0n) is 18.1. The highest BCUT2D eigenvalue weighted by atomic mass is 79.9. The van der Waals surface area contributed by atoms with Gasteiger partial charge in [-0.3, -0.25) is 10.3 Å². The second kappa shape index (κ2) is 9.84. The molecule has 0 saturated carbocycles. The quantitative estimate of drug-likeness (QED) is 0.410. The lowest BCUT2D eigenvalue weighted by molar-refractivity contribution is 0.313. The van der Waals surface area contributed by atoms with Crippen LogP contribution in [0, 0.1) is 5.82 Å². The third kappa shape index (κ3) is 4.71. The summed E-state index contributed by atoms with van der Waals surface area (Å²) in [5.41, 5.74) is 4.83. The fourth-order valence-electron chi connectivity index (χ4n) is 3.96. The van der Waals surface area contributed by atoms with E-state index in [-0.39, 0.29) is 23.8 Å². The van der Waals surface area contributed by atoms with Crippen LogP contribution in [0.3, 0.4) is 0 Å². The predicted octanol–water partition coefficient (Wildman–Crippen LogP) is 6.48. The van der Waals surface area contributed by atoms with Crippen molar-refractivity contribution in [1.29, 1.82) is 0 Å². The van der Waals surface area contributed by atoms with Gasteiger partial charge >= 0.3 is 0 Å². The standard InChI is InChI=1S/C26H26BrFN2O2/c1-3-16-8-10-17(11-9-16)22-15-23(19-6-5-7-24(25(19)31)32-4-2)30-26(29-22)18-12-13-21(28)20(27)14-18/h5-14,23,26,30-31H,3-4,15H2,1-2H3/t23-,26+/m1/s1. The van der Waals surface area contributed by atoms with Crippen LogP contribution in [0.5, 0.6) is 11.5 Å². The summed E-state index contributed by atoms with van der Waals surface area (Å²) in [6.45, 7) is 4.49. The van der Waals surface area contributed by atoms with Crippen molar-refractivity contribution in [3.63, 3.8) is 0 Å². The number of ether oxygens (including phenoxy) is 1. The zero-order valence-corrected chi connectivity index (χ0v) is 19.7. The average Bonchev–Trinajstić information content (AvgIpc) is 2.82. The number of aliphatic imine (C=N–C) groups is 1. The monoisotopic (exact) mass is 496 g/mol. The summed E-state index contributed by atoms with van der Waals surface area (Å²) in [6.07, 6.45) is 1.19. The van der Waals surface area contributed by atoms with Crippen LogP contribution in [0.15, 0.2) is 70.1 Å². The van der Waals surface area contributed by atoms with Crippen LogP contribution < -0.4 is 10.1 Å². The SMILES string of the molecule is CCOc1cccc([C@H]2CC(c3ccc(CC)cc3)=N[C@H](c3ccc(F)c(Br)c3)N2)c1O. The fourth-order valence-corrected chi connectivity index (χ4v) is 4.36. The second-order valence-corrected chi connectivity index (χ2v) is 8.61. The first kappa shape index (κ1) is 22.5. The van der Waals surface area contributed by atoms with E-state index in [1.54, 1.807) is 18.2 Å². The second-order valence-electron chi connectivity index (χ2n) is 7.75. The van der Waals surface area contributed by atoms with Gasteiger partial charge in [0, 0.05) is 23.7 Å². The van der Waals surface area contributed by atoms with Crippen LogP contribution in [0.25, 0.3) is 0 Å². The van der Waals surface area contributed by atoms with E-state index in [4.69, 9.17) is 9.73 Å². The van der Waals surface area contributed by atoms with Crippen molar-refractivity contribution in [3.8, 4) is 11.5 Å². The molecule has 1 heterocycles. The Bertz CT molecular complexity index is 1130. The number of phenols is 1. The summed E-state index contributed by atoms with van der Waals surface area (Å²) >= 11 is 3.28. The molecule has 166 valence electrons. The van der Waals surface area contributed by atoms with E-state index in [0.29, 0.717) is 23.2 Å². The van der Waals surface area contributed by atoms with Crippen LogP contribution in [-0.2, 0) is 6.42 Å². The Morgan fingerprint density at radius 1 is 1.12 bits per heavy atom. The Balaban J connectivity index is 1.75. The Hall–Kier alpha value is -2.70. The first-order chi connectivity index (χ1) is 15.5. The summed E-state index contributed by atoms with van der Waals surface area (Å²) in [5, 5.41) is 14.4.